The third kappa shape index (κ3) is 5.57. The molecule has 1 aromatic rings. The SMILES string of the molecule is COc1ccc(CC(=O)NCC(N2CCNCC2)C(F)(F)F)cc1F. The molecule has 25 heavy (non-hydrogen) atoms. The molecule has 2 N–H and O–H groups in total. The van der Waals surface area contributed by atoms with Crippen LogP contribution in [0.25, 0.3) is 0 Å². The third-order valence-corrected chi connectivity index (χ3v) is 4.04. The Hall–Kier alpha value is -1.87. The summed E-state index contributed by atoms with van der Waals surface area (Å²) >= 11 is 0. The minimum absolute atomic E-state index is 0.0417. The Morgan fingerprint density at radius 1 is 1.36 bits per heavy atom. The molecule has 0 bridgehead atoms. The summed E-state index contributed by atoms with van der Waals surface area (Å²) in [5, 5.41) is 5.30. The molecule has 1 unspecified atom stereocenters. The zero-order valence-corrected chi connectivity index (χ0v) is 13.8. The van der Waals surface area contributed by atoms with E-state index in [1.165, 1.54) is 24.1 Å². The van der Waals surface area contributed by atoms with Crippen LogP contribution in [0.3, 0.4) is 0 Å². The molecule has 1 aliphatic heterocycles. The lowest BCUT2D eigenvalue weighted by atomic mass is 10.1. The van der Waals surface area contributed by atoms with Gasteiger partial charge in [0, 0.05) is 32.7 Å². The highest BCUT2D eigenvalue weighted by Gasteiger charge is 2.43. The van der Waals surface area contributed by atoms with E-state index in [1.807, 2.05) is 0 Å². The first-order valence-corrected chi connectivity index (χ1v) is 7.92. The number of rotatable bonds is 6. The van der Waals surface area contributed by atoms with E-state index in [0.29, 0.717) is 18.7 Å². The Kier molecular flexibility index (Phi) is 6.60. The topological polar surface area (TPSA) is 53.6 Å². The average molecular weight is 363 g/mol. The Balaban J connectivity index is 1.93. The predicted octanol–water partition coefficient (Wildman–Crippen LogP) is 1.33. The van der Waals surface area contributed by atoms with Crippen molar-refractivity contribution in [2.75, 3.05) is 39.8 Å². The summed E-state index contributed by atoms with van der Waals surface area (Å²) in [5.41, 5.74) is 0.363. The second kappa shape index (κ2) is 8.48. The molecular formula is C16H21F4N3O2. The summed E-state index contributed by atoms with van der Waals surface area (Å²) in [4.78, 5) is 13.2. The molecule has 9 heteroatoms. The number of ether oxygens (including phenoxy) is 1. The minimum Gasteiger partial charge on any atom is -0.494 e. The minimum atomic E-state index is -4.43. The van der Waals surface area contributed by atoms with Gasteiger partial charge in [0.25, 0.3) is 0 Å². The number of carbonyl (C=O) groups is 1. The smallest absolute Gasteiger partial charge is 0.405 e. The maximum atomic E-state index is 13.6. The summed E-state index contributed by atoms with van der Waals surface area (Å²) in [5.74, 6) is -1.17. The average Bonchev–Trinajstić information content (AvgIpc) is 2.55. The van der Waals surface area contributed by atoms with Crippen LogP contribution in [0.15, 0.2) is 18.2 Å². The first kappa shape index (κ1) is 19.5. The van der Waals surface area contributed by atoms with Gasteiger partial charge in [-0.3, -0.25) is 9.69 Å². The van der Waals surface area contributed by atoms with Crippen LogP contribution < -0.4 is 15.4 Å². The first-order chi connectivity index (χ1) is 11.8. The molecule has 1 atom stereocenters. The van der Waals surface area contributed by atoms with Gasteiger partial charge in [0.1, 0.15) is 6.04 Å². The summed E-state index contributed by atoms with van der Waals surface area (Å²) in [6, 6.07) is 2.28. The number of nitrogens with zero attached hydrogens (tertiary/aromatic N) is 1. The van der Waals surface area contributed by atoms with Gasteiger partial charge >= 0.3 is 6.18 Å². The van der Waals surface area contributed by atoms with Crippen molar-refractivity contribution in [3.8, 4) is 5.75 Å². The fourth-order valence-corrected chi connectivity index (χ4v) is 2.72. The number of amides is 1. The summed E-state index contributed by atoms with van der Waals surface area (Å²) in [7, 11) is 1.32. The van der Waals surface area contributed by atoms with Gasteiger partial charge < -0.3 is 15.4 Å². The second-order valence-corrected chi connectivity index (χ2v) is 5.79. The fourth-order valence-electron chi connectivity index (χ4n) is 2.72. The van der Waals surface area contributed by atoms with Crippen molar-refractivity contribution in [2.24, 2.45) is 0 Å². The van der Waals surface area contributed by atoms with E-state index < -0.39 is 30.5 Å². The maximum absolute atomic E-state index is 13.6. The quantitative estimate of drug-likeness (QED) is 0.749. The number of benzene rings is 1. The highest BCUT2D eigenvalue weighted by atomic mass is 19.4. The molecule has 1 aromatic carbocycles. The van der Waals surface area contributed by atoms with Crippen LogP contribution in [0.1, 0.15) is 5.56 Å². The molecular weight excluding hydrogens is 342 g/mol. The van der Waals surface area contributed by atoms with Gasteiger partial charge in [-0.25, -0.2) is 4.39 Å². The van der Waals surface area contributed by atoms with Gasteiger partial charge in [0.05, 0.1) is 13.5 Å². The number of hydrogen-bond acceptors (Lipinski definition) is 4. The van der Waals surface area contributed by atoms with Crippen LogP contribution in [0.4, 0.5) is 17.6 Å². The van der Waals surface area contributed by atoms with Gasteiger partial charge in [-0.05, 0) is 17.7 Å². The van der Waals surface area contributed by atoms with Crippen LogP contribution in [-0.2, 0) is 11.2 Å². The van der Waals surface area contributed by atoms with Crippen LogP contribution >= 0.6 is 0 Å². The van der Waals surface area contributed by atoms with Crippen molar-refractivity contribution < 1.29 is 27.1 Å². The first-order valence-electron chi connectivity index (χ1n) is 7.92. The lowest BCUT2D eigenvalue weighted by Crippen LogP contribution is -2.57. The molecule has 1 saturated heterocycles. The Morgan fingerprint density at radius 2 is 2.04 bits per heavy atom. The maximum Gasteiger partial charge on any atom is 0.405 e. The normalized spacial score (nSPS) is 17.2. The fraction of sp³-hybridized carbons (Fsp3) is 0.562. The zero-order chi connectivity index (χ0) is 18.4. The van der Waals surface area contributed by atoms with Crippen LogP contribution in [0.2, 0.25) is 0 Å². The van der Waals surface area contributed by atoms with E-state index in [2.05, 4.69) is 10.6 Å². The highest BCUT2D eigenvalue weighted by molar-refractivity contribution is 5.78. The number of carbonyl (C=O) groups excluding carboxylic acids is 1. The lowest BCUT2D eigenvalue weighted by molar-refractivity contribution is -0.184. The van der Waals surface area contributed by atoms with E-state index in [-0.39, 0.29) is 25.3 Å². The molecule has 0 aliphatic carbocycles. The van der Waals surface area contributed by atoms with Crippen molar-refractivity contribution in [1.82, 2.24) is 15.5 Å². The molecule has 5 nitrogen and oxygen atoms in total. The van der Waals surface area contributed by atoms with Crippen LogP contribution in [-0.4, -0.2) is 62.9 Å². The van der Waals surface area contributed by atoms with Crippen molar-refractivity contribution in [3.05, 3.63) is 29.6 Å². The van der Waals surface area contributed by atoms with Gasteiger partial charge in [-0.15, -0.1) is 0 Å². The van der Waals surface area contributed by atoms with Gasteiger partial charge in [0.15, 0.2) is 11.6 Å². The molecule has 0 aromatic heterocycles. The summed E-state index contributed by atoms with van der Waals surface area (Å²) < 4.78 is 58.1. The van der Waals surface area contributed by atoms with Gasteiger partial charge in [0.2, 0.25) is 5.91 Å². The molecule has 140 valence electrons. The van der Waals surface area contributed by atoms with Crippen molar-refractivity contribution in [1.29, 1.82) is 0 Å². The van der Waals surface area contributed by atoms with Crippen molar-refractivity contribution in [2.45, 2.75) is 18.6 Å². The van der Waals surface area contributed by atoms with E-state index in [4.69, 9.17) is 4.74 Å². The largest absolute Gasteiger partial charge is 0.494 e. The lowest BCUT2D eigenvalue weighted by Gasteiger charge is -2.35. The van der Waals surface area contributed by atoms with Crippen LogP contribution in [0, 0.1) is 5.82 Å². The molecule has 0 saturated carbocycles. The molecule has 0 radical (unpaired) electrons. The zero-order valence-electron chi connectivity index (χ0n) is 13.8. The number of piperazine rings is 1. The molecule has 1 fully saturated rings. The van der Waals surface area contributed by atoms with E-state index >= 15 is 0 Å². The van der Waals surface area contributed by atoms with Crippen molar-refractivity contribution >= 4 is 5.91 Å². The summed E-state index contributed by atoms with van der Waals surface area (Å²) in [6.45, 7) is 0.964. The number of halogens is 4. The molecule has 1 heterocycles. The Morgan fingerprint density at radius 3 is 2.60 bits per heavy atom. The van der Waals surface area contributed by atoms with E-state index in [0.717, 1.165) is 6.07 Å². The van der Waals surface area contributed by atoms with Crippen LogP contribution in [0.5, 0.6) is 5.75 Å². The van der Waals surface area contributed by atoms with E-state index in [9.17, 15) is 22.4 Å². The predicted molar refractivity (Wildman–Crippen MR) is 84.0 cm³/mol. The number of hydrogen-bond donors (Lipinski definition) is 2. The Bertz CT molecular complexity index is 589. The second-order valence-electron chi connectivity index (χ2n) is 5.79. The highest BCUT2D eigenvalue weighted by Crippen LogP contribution is 2.25. The molecule has 1 aliphatic rings. The van der Waals surface area contributed by atoms with Crippen molar-refractivity contribution in [3.63, 3.8) is 0 Å². The van der Waals surface area contributed by atoms with E-state index in [1.54, 1.807) is 0 Å². The summed E-state index contributed by atoms with van der Waals surface area (Å²) in [6.07, 6.45) is -4.64. The Labute approximate surface area is 143 Å². The number of nitrogens with one attached hydrogen (secondary N) is 2. The molecule has 2 rings (SSSR count). The standard InChI is InChI=1S/C16H21F4N3O2/c1-25-13-3-2-11(8-12(13)17)9-15(24)22-10-14(16(18,19)20)23-6-4-21-5-7-23/h2-3,8,14,21H,4-7,9-10H2,1H3,(H,22,24). The van der Waals surface area contributed by atoms with Gasteiger partial charge in [-0.1, -0.05) is 6.07 Å². The molecule has 0 spiro atoms. The van der Waals surface area contributed by atoms with Gasteiger partial charge in [-0.2, -0.15) is 13.2 Å². The molecule has 1 amide bonds. The monoisotopic (exact) mass is 363 g/mol. The number of methoxy groups -OCH3 is 1. The number of alkyl halides is 3. The third-order valence-electron chi connectivity index (χ3n) is 4.04.